The zero-order chi connectivity index (χ0) is 48.3. The van der Waals surface area contributed by atoms with Gasteiger partial charge in [0.05, 0.1) is 23.7 Å². The number of aliphatic carboxylic acids is 1. The van der Waals surface area contributed by atoms with Crippen LogP contribution in [-0.2, 0) is 47.5 Å². The number of benzene rings is 1. The van der Waals surface area contributed by atoms with E-state index >= 15 is 0 Å². The fraction of sp³-hybridized carbons (Fsp3) is 0.633. The van der Waals surface area contributed by atoms with E-state index in [0.717, 1.165) is 12.8 Å². The number of aromatic hydroxyl groups is 1. The lowest BCUT2D eigenvalue weighted by atomic mass is 9.55. The van der Waals surface area contributed by atoms with Crippen LogP contribution in [0.15, 0.2) is 59.6 Å². The Bertz CT molecular complexity index is 2240. The minimum atomic E-state index is -1.65. The molecule has 0 amide bonds. The second kappa shape index (κ2) is 19.2. The quantitative estimate of drug-likeness (QED) is 0.110. The third kappa shape index (κ3) is 8.95. The third-order valence-electron chi connectivity index (χ3n) is 15.4. The molecule has 6 N–H and O–H groups in total. The molecule has 3 fully saturated rings. The van der Waals surface area contributed by atoms with Crippen LogP contribution in [0.3, 0.4) is 0 Å². The molecule has 366 valence electrons. The molecular weight excluding hydrogens is 896 g/mol. The molecule has 4 aliphatic heterocycles. The van der Waals surface area contributed by atoms with Crippen LogP contribution >= 0.6 is 11.6 Å². The zero-order valence-electron chi connectivity index (χ0n) is 38.1. The molecule has 17 atom stereocenters. The van der Waals surface area contributed by atoms with Gasteiger partial charge in [-0.3, -0.25) is 4.79 Å². The fourth-order valence-corrected chi connectivity index (χ4v) is 11.6. The van der Waals surface area contributed by atoms with Crippen LogP contribution in [0.1, 0.15) is 101 Å². The van der Waals surface area contributed by atoms with Crippen molar-refractivity contribution in [2.24, 2.45) is 35.0 Å². The first kappa shape index (κ1) is 49.1. The number of hydrogen-bond donors (Lipinski definition) is 6. The van der Waals surface area contributed by atoms with Crippen LogP contribution in [0.4, 0.5) is 0 Å². The monoisotopic (exact) mass is 956 g/mol. The number of allylic oxidation sites excluding steroid dienone is 2. The van der Waals surface area contributed by atoms with Crippen LogP contribution < -0.4 is 0 Å². The van der Waals surface area contributed by atoms with Crippen molar-refractivity contribution in [2.45, 2.75) is 159 Å². The Morgan fingerprint density at radius 3 is 2.39 bits per heavy atom. The van der Waals surface area contributed by atoms with Gasteiger partial charge in [0.2, 0.25) is 0 Å². The van der Waals surface area contributed by atoms with Crippen molar-refractivity contribution >= 4 is 35.5 Å². The van der Waals surface area contributed by atoms with Gasteiger partial charge in [-0.1, -0.05) is 61.7 Å². The summed E-state index contributed by atoms with van der Waals surface area (Å²) in [4.78, 5) is 53.7. The van der Waals surface area contributed by atoms with Gasteiger partial charge in [-0.2, -0.15) is 0 Å². The number of carbonyl (C=O) groups excluding carboxylic acids is 3. The van der Waals surface area contributed by atoms with Crippen LogP contribution in [0.5, 0.6) is 5.75 Å². The lowest BCUT2D eigenvalue weighted by molar-refractivity contribution is -0.343. The Hall–Kier alpha value is -4.33. The summed E-state index contributed by atoms with van der Waals surface area (Å²) >= 11 is 6.18. The van der Waals surface area contributed by atoms with E-state index in [2.05, 4.69) is 0 Å². The lowest BCUT2D eigenvalue weighted by Gasteiger charge is -2.51. The van der Waals surface area contributed by atoms with Gasteiger partial charge < -0.3 is 63.8 Å². The number of rotatable bonds is 7. The normalized spacial score (nSPS) is 41.6. The van der Waals surface area contributed by atoms with E-state index in [1.54, 1.807) is 33.8 Å². The minimum Gasteiger partial charge on any atom is -0.507 e. The highest BCUT2D eigenvalue weighted by atomic mass is 35.5. The predicted molar refractivity (Wildman–Crippen MR) is 235 cm³/mol. The average molecular weight is 957 g/mol. The maximum Gasteiger partial charge on any atom is 0.379 e. The number of fused-ring (bicyclic) bond motifs is 3. The highest BCUT2D eigenvalue weighted by Gasteiger charge is 2.60. The summed E-state index contributed by atoms with van der Waals surface area (Å²) in [6, 6.07) is 2.71. The van der Waals surface area contributed by atoms with Gasteiger partial charge in [0, 0.05) is 35.3 Å². The molecule has 17 nitrogen and oxygen atoms in total. The number of aliphatic hydroxyl groups excluding tert-OH is 4. The summed E-state index contributed by atoms with van der Waals surface area (Å²) in [6.45, 7) is 8.23. The molecule has 1 saturated carbocycles. The van der Waals surface area contributed by atoms with E-state index in [1.165, 1.54) is 18.2 Å². The van der Waals surface area contributed by atoms with Gasteiger partial charge in [0.15, 0.2) is 23.9 Å². The summed E-state index contributed by atoms with van der Waals surface area (Å²) < 4.78 is 42.3. The Kier molecular flexibility index (Phi) is 14.1. The topological polar surface area (TPSA) is 254 Å². The first-order valence-electron chi connectivity index (χ1n) is 23.3. The van der Waals surface area contributed by atoms with Gasteiger partial charge in [-0.25, -0.2) is 14.4 Å². The molecule has 0 radical (unpaired) electrons. The van der Waals surface area contributed by atoms with Crippen molar-refractivity contribution in [3.63, 3.8) is 0 Å². The van der Waals surface area contributed by atoms with Gasteiger partial charge in [-0.15, -0.1) is 0 Å². The summed E-state index contributed by atoms with van der Waals surface area (Å²) in [7, 11) is 0. The first-order valence-corrected chi connectivity index (χ1v) is 23.7. The minimum absolute atomic E-state index is 0.0340. The molecule has 8 rings (SSSR count). The smallest absolute Gasteiger partial charge is 0.379 e. The summed E-state index contributed by atoms with van der Waals surface area (Å²) in [5.74, 6) is -7.75. The number of carboxylic acid groups (broad SMARTS) is 1. The molecule has 3 aliphatic carbocycles. The third-order valence-corrected chi connectivity index (χ3v) is 15.8. The van der Waals surface area contributed by atoms with Crippen molar-refractivity contribution < 1.29 is 83.0 Å². The molecule has 2 saturated heterocycles. The van der Waals surface area contributed by atoms with Crippen LogP contribution in [-0.4, -0.2) is 122 Å². The van der Waals surface area contributed by atoms with Crippen LogP contribution in [0.2, 0.25) is 5.02 Å². The van der Waals surface area contributed by atoms with Crippen molar-refractivity contribution in [1.29, 1.82) is 0 Å². The van der Waals surface area contributed by atoms with Crippen LogP contribution in [0, 0.1) is 41.9 Å². The number of hydrogen-bond acceptors (Lipinski definition) is 16. The second-order valence-electron chi connectivity index (χ2n) is 19.5. The Balaban J connectivity index is 0.970. The first-order chi connectivity index (χ1) is 31.8. The zero-order valence-corrected chi connectivity index (χ0v) is 38.9. The molecular formula is C49H61ClO17. The molecule has 2 bridgehead atoms. The van der Waals surface area contributed by atoms with E-state index in [1.807, 2.05) is 25.2 Å². The predicted octanol–water partition coefficient (Wildman–Crippen LogP) is 5.63. The van der Waals surface area contributed by atoms with Gasteiger partial charge >= 0.3 is 23.9 Å². The molecule has 18 heteroatoms. The van der Waals surface area contributed by atoms with Gasteiger partial charge in [0.25, 0.3) is 5.76 Å². The molecule has 7 aliphatic rings. The van der Waals surface area contributed by atoms with Crippen molar-refractivity contribution in [3.8, 4) is 5.75 Å². The largest absolute Gasteiger partial charge is 0.507 e. The standard InChI is InChI=1S/C49H61ClO17/c1-22-21-49-27(19-29(22)43(56)57)12-9-7-6-8-11-26-15-16-28-30(48(26,5)47(60)66-41(42(49)55)45(59)67-49)13-10-14-33(28)64-46-39(54)38(53)40(25(4)62-46)65-35-20-34(37(52)24(3)61-35)63-44(58)36-23(2)31(50)17-18-32(36)51/h9,12,15-19,22,24-28,30,33-35,37-40,46,51-55H,6-8,10-11,13-14,20-21H2,1-5H3,(H,56,57)/b12-9-/t22-,24-,25-,26-,27-,28+,30-,33+,34-,35+,37-,38-,39-,40-,46+,48-,49+/m1/s1. The molecule has 1 spiro atoms. The molecule has 0 aromatic heterocycles. The van der Waals surface area contributed by atoms with E-state index in [-0.39, 0.29) is 46.6 Å². The lowest BCUT2D eigenvalue weighted by Crippen LogP contribution is -2.61. The number of phenols is 1. The number of esters is 3. The Morgan fingerprint density at radius 1 is 0.881 bits per heavy atom. The highest BCUT2D eigenvalue weighted by molar-refractivity contribution is 6.32. The SMILES string of the molecule is Cc1c(Cl)ccc(O)c1C(=O)O[C@@H]1C[C@H](O[C@H]2[C@H](O)[C@@H](O)[C@H](O[C@H]3CCC[C@@H]4[C@@H]3C=C[C@H]3CCCC/C=C\[C@@H]5C=C(C(=O)O)[C@H](C)C[C@]56OC(=O)C(=C6O)OC(=O)[C@@]43C)O[C@@H]2C)O[C@H](C)[C@H]1O. The van der Waals surface area contributed by atoms with Crippen molar-refractivity contribution in [3.05, 3.63) is 75.8 Å². The number of halogens is 1. The summed E-state index contributed by atoms with van der Waals surface area (Å²) in [5.41, 5.74) is -2.59. The second-order valence-corrected chi connectivity index (χ2v) is 19.9. The Labute approximate surface area is 393 Å². The summed E-state index contributed by atoms with van der Waals surface area (Å²) in [5, 5.41) is 66.3. The molecule has 4 heterocycles. The molecule has 1 aromatic carbocycles. The number of carboxylic acids is 1. The number of phenolic OH excluding ortho intramolecular Hbond substituents is 1. The number of ether oxygens (including phenoxy) is 7. The van der Waals surface area contributed by atoms with E-state index in [9.17, 15) is 49.8 Å². The van der Waals surface area contributed by atoms with Gasteiger partial charge in [0.1, 0.15) is 41.8 Å². The van der Waals surface area contributed by atoms with Crippen molar-refractivity contribution in [1.82, 2.24) is 0 Å². The molecule has 1 aromatic rings. The van der Waals surface area contributed by atoms with Crippen LogP contribution in [0.25, 0.3) is 0 Å². The highest BCUT2D eigenvalue weighted by Crippen LogP contribution is 2.55. The van der Waals surface area contributed by atoms with E-state index in [4.69, 9.17) is 44.8 Å². The van der Waals surface area contributed by atoms with E-state index < -0.39 is 126 Å². The molecule has 0 unspecified atom stereocenters. The fourth-order valence-electron chi connectivity index (χ4n) is 11.5. The van der Waals surface area contributed by atoms with Crippen molar-refractivity contribution in [2.75, 3.05) is 0 Å². The van der Waals surface area contributed by atoms with Gasteiger partial charge in [-0.05, 0) is 95.2 Å². The number of aliphatic hydroxyl groups is 4. The Morgan fingerprint density at radius 2 is 1.64 bits per heavy atom. The average Bonchev–Trinajstić information content (AvgIpc) is 3.50. The molecule has 67 heavy (non-hydrogen) atoms. The number of carbonyl (C=O) groups is 4. The summed E-state index contributed by atoms with van der Waals surface area (Å²) in [6.07, 6.45) is 1.93. The maximum absolute atomic E-state index is 14.8. The van der Waals surface area contributed by atoms with E-state index in [0.29, 0.717) is 37.7 Å². The maximum atomic E-state index is 14.8.